The van der Waals surface area contributed by atoms with Crippen LogP contribution in [-0.2, 0) is 6.42 Å². The molecule has 2 atom stereocenters. The highest BCUT2D eigenvalue weighted by Crippen LogP contribution is 2.31. The van der Waals surface area contributed by atoms with Gasteiger partial charge in [0, 0.05) is 6.42 Å². The van der Waals surface area contributed by atoms with E-state index in [1.807, 2.05) is 24.3 Å². The number of aliphatic hydroxyl groups excluding tert-OH is 1. The Kier molecular flexibility index (Phi) is 2.64. The van der Waals surface area contributed by atoms with Crippen LogP contribution >= 0.6 is 0 Å². The van der Waals surface area contributed by atoms with Crippen LogP contribution in [0.2, 0.25) is 0 Å². The molecule has 2 aromatic rings. The lowest BCUT2D eigenvalue weighted by molar-refractivity contribution is 0.0857. The smallest absolute Gasteiger partial charge is 0.255 e. The average molecular weight is 243 g/mol. The van der Waals surface area contributed by atoms with Crippen molar-refractivity contribution < 1.29 is 14.3 Å². The number of hydrogen-bond acceptors (Lipinski definition) is 3. The molecular formula is C14H13NO3. The quantitative estimate of drug-likeness (QED) is 0.843. The van der Waals surface area contributed by atoms with Crippen molar-refractivity contribution >= 4 is 5.91 Å². The third kappa shape index (κ3) is 1.80. The first kappa shape index (κ1) is 11.0. The summed E-state index contributed by atoms with van der Waals surface area (Å²) in [5.41, 5.74) is 2.54. The molecule has 1 heterocycles. The Bertz CT molecular complexity index is 562. The Morgan fingerprint density at radius 2 is 2.17 bits per heavy atom. The predicted octanol–water partition coefficient (Wildman–Crippen LogP) is 1.67. The fraction of sp³-hybridized carbons (Fsp3) is 0.214. The summed E-state index contributed by atoms with van der Waals surface area (Å²) in [6.45, 7) is 0. The molecule has 2 unspecified atom stereocenters. The first-order valence-electron chi connectivity index (χ1n) is 5.84. The summed E-state index contributed by atoms with van der Waals surface area (Å²) in [7, 11) is 0. The summed E-state index contributed by atoms with van der Waals surface area (Å²) in [4.78, 5) is 11.9. The van der Waals surface area contributed by atoms with Crippen molar-refractivity contribution in [3.63, 3.8) is 0 Å². The van der Waals surface area contributed by atoms with Crippen LogP contribution < -0.4 is 5.32 Å². The van der Waals surface area contributed by atoms with Gasteiger partial charge >= 0.3 is 0 Å². The van der Waals surface area contributed by atoms with Crippen molar-refractivity contribution in [2.45, 2.75) is 18.6 Å². The molecule has 3 rings (SSSR count). The highest BCUT2D eigenvalue weighted by molar-refractivity contribution is 5.94. The molecule has 1 aliphatic carbocycles. The Hall–Kier alpha value is -2.07. The molecule has 0 aliphatic heterocycles. The van der Waals surface area contributed by atoms with Crippen molar-refractivity contribution in [1.29, 1.82) is 0 Å². The molecule has 0 saturated carbocycles. The number of rotatable bonds is 2. The summed E-state index contributed by atoms with van der Waals surface area (Å²) in [6.07, 6.45) is 2.85. The van der Waals surface area contributed by atoms with Gasteiger partial charge < -0.3 is 14.8 Å². The molecule has 1 amide bonds. The lowest BCUT2D eigenvalue weighted by atomic mass is 10.1. The minimum Gasteiger partial charge on any atom is -0.472 e. The fourth-order valence-corrected chi connectivity index (χ4v) is 2.37. The number of nitrogens with one attached hydrogen (secondary N) is 1. The fourth-order valence-electron chi connectivity index (χ4n) is 2.37. The highest BCUT2D eigenvalue weighted by atomic mass is 16.3. The predicted molar refractivity (Wildman–Crippen MR) is 65.1 cm³/mol. The highest BCUT2D eigenvalue weighted by Gasteiger charge is 2.32. The van der Waals surface area contributed by atoms with Gasteiger partial charge in [-0.05, 0) is 17.2 Å². The lowest BCUT2D eigenvalue weighted by Gasteiger charge is -2.17. The molecule has 0 saturated heterocycles. The van der Waals surface area contributed by atoms with Crippen LogP contribution in [0.3, 0.4) is 0 Å². The molecule has 1 aromatic heterocycles. The van der Waals surface area contributed by atoms with E-state index >= 15 is 0 Å². The first-order valence-corrected chi connectivity index (χ1v) is 5.84. The van der Waals surface area contributed by atoms with Crippen molar-refractivity contribution in [2.75, 3.05) is 0 Å². The largest absolute Gasteiger partial charge is 0.472 e. The molecule has 92 valence electrons. The van der Waals surface area contributed by atoms with Crippen LogP contribution in [-0.4, -0.2) is 17.1 Å². The Balaban J connectivity index is 1.83. The average Bonchev–Trinajstić information content (AvgIpc) is 2.98. The van der Waals surface area contributed by atoms with Gasteiger partial charge in [-0.2, -0.15) is 0 Å². The second-order valence-electron chi connectivity index (χ2n) is 4.43. The summed E-state index contributed by atoms with van der Waals surface area (Å²) in [5.74, 6) is -0.232. The summed E-state index contributed by atoms with van der Waals surface area (Å²) >= 11 is 0. The maximum Gasteiger partial charge on any atom is 0.255 e. The molecule has 0 bridgehead atoms. The van der Waals surface area contributed by atoms with E-state index < -0.39 is 6.10 Å². The molecule has 1 aromatic carbocycles. The number of carbonyl (C=O) groups is 1. The van der Waals surface area contributed by atoms with E-state index in [0.29, 0.717) is 12.0 Å². The van der Waals surface area contributed by atoms with Gasteiger partial charge in [0.15, 0.2) is 0 Å². The number of fused-ring (bicyclic) bond motifs is 1. The monoisotopic (exact) mass is 243 g/mol. The number of benzene rings is 1. The molecule has 4 nitrogen and oxygen atoms in total. The number of carbonyl (C=O) groups excluding carboxylic acids is 1. The van der Waals surface area contributed by atoms with Gasteiger partial charge in [0.05, 0.1) is 24.0 Å². The number of hydrogen-bond donors (Lipinski definition) is 2. The molecular weight excluding hydrogens is 230 g/mol. The SMILES string of the molecule is O=C(NC1c2ccccc2CC1O)c1ccoc1. The normalized spacial score (nSPS) is 21.6. The van der Waals surface area contributed by atoms with Crippen LogP contribution in [0.1, 0.15) is 27.5 Å². The van der Waals surface area contributed by atoms with E-state index in [0.717, 1.165) is 11.1 Å². The zero-order valence-corrected chi connectivity index (χ0v) is 9.67. The molecule has 0 fully saturated rings. The van der Waals surface area contributed by atoms with E-state index in [1.165, 1.54) is 12.5 Å². The van der Waals surface area contributed by atoms with Gasteiger partial charge in [-0.1, -0.05) is 24.3 Å². The van der Waals surface area contributed by atoms with E-state index in [2.05, 4.69) is 5.32 Å². The molecule has 0 radical (unpaired) electrons. The zero-order valence-electron chi connectivity index (χ0n) is 9.67. The van der Waals surface area contributed by atoms with Crippen LogP contribution in [0.25, 0.3) is 0 Å². The lowest BCUT2D eigenvalue weighted by Crippen LogP contribution is -2.33. The number of aliphatic hydroxyl groups is 1. The standard InChI is InChI=1S/C14H13NO3/c16-12-7-9-3-1-2-4-11(9)13(12)15-14(17)10-5-6-18-8-10/h1-6,8,12-13,16H,7H2,(H,15,17). The van der Waals surface area contributed by atoms with Gasteiger partial charge in [-0.25, -0.2) is 0 Å². The van der Waals surface area contributed by atoms with E-state index in [4.69, 9.17) is 4.42 Å². The van der Waals surface area contributed by atoms with Gasteiger partial charge in [0.25, 0.3) is 5.91 Å². The summed E-state index contributed by atoms with van der Waals surface area (Å²) in [5, 5.41) is 12.9. The third-order valence-corrected chi connectivity index (χ3v) is 3.27. The van der Waals surface area contributed by atoms with Crippen molar-refractivity contribution in [2.24, 2.45) is 0 Å². The number of furan rings is 1. The van der Waals surface area contributed by atoms with Crippen LogP contribution in [0, 0.1) is 0 Å². The van der Waals surface area contributed by atoms with Crippen molar-refractivity contribution in [3.05, 3.63) is 59.5 Å². The molecule has 1 aliphatic rings. The van der Waals surface area contributed by atoms with Gasteiger partial charge in [-0.3, -0.25) is 4.79 Å². The Morgan fingerprint density at radius 1 is 1.33 bits per heavy atom. The second-order valence-corrected chi connectivity index (χ2v) is 4.43. The molecule has 0 spiro atoms. The Morgan fingerprint density at radius 3 is 2.94 bits per heavy atom. The minimum absolute atomic E-state index is 0.232. The second kappa shape index (κ2) is 4.31. The van der Waals surface area contributed by atoms with E-state index in [9.17, 15) is 9.90 Å². The summed E-state index contributed by atoms with van der Waals surface area (Å²) < 4.78 is 4.87. The van der Waals surface area contributed by atoms with Crippen molar-refractivity contribution in [1.82, 2.24) is 5.32 Å². The topological polar surface area (TPSA) is 62.5 Å². The zero-order chi connectivity index (χ0) is 12.5. The maximum absolute atomic E-state index is 11.9. The first-order chi connectivity index (χ1) is 8.75. The Labute approximate surface area is 104 Å². The van der Waals surface area contributed by atoms with Crippen molar-refractivity contribution in [3.8, 4) is 0 Å². The van der Waals surface area contributed by atoms with E-state index in [-0.39, 0.29) is 11.9 Å². The van der Waals surface area contributed by atoms with Crippen LogP contribution in [0.4, 0.5) is 0 Å². The molecule has 18 heavy (non-hydrogen) atoms. The molecule has 4 heteroatoms. The third-order valence-electron chi connectivity index (χ3n) is 3.27. The van der Waals surface area contributed by atoms with E-state index in [1.54, 1.807) is 6.07 Å². The van der Waals surface area contributed by atoms with Gasteiger partial charge in [0.2, 0.25) is 0 Å². The summed E-state index contributed by atoms with van der Waals surface area (Å²) in [6, 6.07) is 9.01. The molecule has 2 N–H and O–H groups in total. The van der Waals surface area contributed by atoms with Crippen LogP contribution in [0.15, 0.2) is 47.3 Å². The van der Waals surface area contributed by atoms with Crippen LogP contribution in [0.5, 0.6) is 0 Å². The van der Waals surface area contributed by atoms with Gasteiger partial charge in [-0.15, -0.1) is 0 Å². The minimum atomic E-state index is -0.571. The maximum atomic E-state index is 11.9. The number of amides is 1. The van der Waals surface area contributed by atoms with Gasteiger partial charge in [0.1, 0.15) is 6.26 Å².